The number of sulfonamides is 1. The molecule has 2 N–H and O–H groups in total. The molecule has 4 fully saturated rings. The van der Waals surface area contributed by atoms with E-state index in [0.717, 1.165) is 23.4 Å². The average molecular weight is 501 g/mol. The molecule has 0 unspecified atom stereocenters. The van der Waals surface area contributed by atoms with Crippen molar-refractivity contribution in [1.82, 2.24) is 0 Å². The second-order valence-electron chi connectivity index (χ2n) is 11.2. The Morgan fingerprint density at radius 1 is 0.806 bits per heavy atom. The van der Waals surface area contributed by atoms with Gasteiger partial charge >= 0.3 is 0 Å². The minimum atomic E-state index is -3.83. The third-order valence-electron chi connectivity index (χ3n) is 8.56. The quantitative estimate of drug-likeness (QED) is 0.405. The van der Waals surface area contributed by atoms with Crippen molar-refractivity contribution in [3.63, 3.8) is 0 Å². The standard InChI is InChI=1S/C30H32N2O3S/c1-20-7-8-24(16-28(20)36(34,35)32-27-5-3-2-4-6-27)29(33)31-26-11-9-25(10-12-26)30-17-21-13-22(18-30)15-23(14-21)19-30/h2-12,16,21-23,32H,13-15,17-19H2,1H3,(H,31,33). The summed E-state index contributed by atoms with van der Waals surface area (Å²) >= 11 is 0. The van der Waals surface area contributed by atoms with E-state index in [0.29, 0.717) is 22.2 Å². The predicted molar refractivity (Wildman–Crippen MR) is 143 cm³/mol. The molecule has 0 atom stereocenters. The van der Waals surface area contributed by atoms with Gasteiger partial charge in [-0.25, -0.2) is 8.42 Å². The molecule has 3 aromatic carbocycles. The first kappa shape index (κ1) is 23.3. The van der Waals surface area contributed by atoms with Crippen LogP contribution in [-0.2, 0) is 15.4 Å². The molecule has 0 aliphatic heterocycles. The molecule has 1 amide bonds. The Balaban J connectivity index is 1.19. The van der Waals surface area contributed by atoms with Gasteiger partial charge in [-0.3, -0.25) is 9.52 Å². The zero-order valence-electron chi connectivity index (χ0n) is 20.5. The van der Waals surface area contributed by atoms with Crippen LogP contribution in [0.15, 0.2) is 77.7 Å². The van der Waals surface area contributed by atoms with Gasteiger partial charge in [0.2, 0.25) is 0 Å². The van der Waals surface area contributed by atoms with Gasteiger partial charge in [-0.1, -0.05) is 36.4 Å². The minimum Gasteiger partial charge on any atom is -0.322 e. The summed E-state index contributed by atoms with van der Waals surface area (Å²) in [7, 11) is -3.83. The number of nitrogens with one attached hydrogen (secondary N) is 2. The van der Waals surface area contributed by atoms with Gasteiger partial charge in [-0.15, -0.1) is 0 Å². The number of aryl methyl sites for hydroxylation is 1. The van der Waals surface area contributed by atoms with Crippen LogP contribution < -0.4 is 10.0 Å². The maximum atomic E-state index is 13.0. The number of rotatable bonds is 6. The minimum absolute atomic E-state index is 0.0937. The Kier molecular flexibility index (Phi) is 5.67. The fourth-order valence-electron chi connectivity index (χ4n) is 7.32. The largest absolute Gasteiger partial charge is 0.322 e. The first-order valence-electron chi connectivity index (χ1n) is 12.9. The molecule has 0 radical (unpaired) electrons. The number of carbonyl (C=O) groups is 1. The van der Waals surface area contributed by atoms with E-state index in [-0.39, 0.29) is 10.8 Å². The Hall–Kier alpha value is -3.12. The normalized spacial score (nSPS) is 26.5. The lowest BCUT2D eigenvalue weighted by Gasteiger charge is -2.57. The van der Waals surface area contributed by atoms with E-state index in [1.807, 2.05) is 18.2 Å². The molecule has 4 bridgehead atoms. The van der Waals surface area contributed by atoms with Gasteiger partial charge in [0.15, 0.2) is 0 Å². The zero-order chi connectivity index (χ0) is 24.9. The van der Waals surface area contributed by atoms with Crippen molar-refractivity contribution >= 4 is 27.3 Å². The zero-order valence-corrected chi connectivity index (χ0v) is 21.4. The number of para-hydroxylation sites is 1. The van der Waals surface area contributed by atoms with Crippen LogP contribution in [0.1, 0.15) is 60.0 Å². The lowest BCUT2D eigenvalue weighted by Crippen LogP contribution is -2.48. The molecule has 0 heterocycles. The van der Waals surface area contributed by atoms with Crippen molar-refractivity contribution in [1.29, 1.82) is 0 Å². The van der Waals surface area contributed by atoms with E-state index in [2.05, 4.69) is 22.2 Å². The molecule has 7 rings (SSSR count). The first-order valence-corrected chi connectivity index (χ1v) is 14.4. The molecular weight excluding hydrogens is 468 g/mol. The highest BCUT2D eigenvalue weighted by Gasteiger charge is 2.51. The monoisotopic (exact) mass is 500 g/mol. The van der Waals surface area contributed by atoms with Crippen LogP contribution in [0.25, 0.3) is 0 Å². The smallest absolute Gasteiger partial charge is 0.262 e. The molecular formula is C30H32N2O3S. The van der Waals surface area contributed by atoms with Gasteiger partial charge in [0.05, 0.1) is 4.90 Å². The molecule has 186 valence electrons. The van der Waals surface area contributed by atoms with E-state index < -0.39 is 10.0 Å². The third kappa shape index (κ3) is 4.32. The molecule has 3 aromatic rings. The van der Waals surface area contributed by atoms with Crippen LogP contribution in [0.5, 0.6) is 0 Å². The van der Waals surface area contributed by atoms with Crippen LogP contribution in [0.2, 0.25) is 0 Å². The number of benzene rings is 3. The number of hydrogen-bond donors (Lipinski definition) is 2. The fourth-order valence-corrected chi connectivity index (χ4v) is 8.65. The van der Waals surface area contributed by atoms with E-state index in [9.17, 15) is 13.2 Å². The average Bonchev–Trinajstić information content (AvgIpc) is 2.84. The van der Waals surface area contributed by atoms with Gasteiger partial charge in [0.25, 0.3) is 15.9 Å². The summed E-state index contributed by atoms with van der Waals surface area (Å²) in [6.07, 6.45) is 8.18. The molecule has 36 heavy (non-hydrogen) atoms. The first-order chi connectivity index (χ1) is 17.3. The molecule has 5 nitrogen and oxygen atoms in total. The predicted octanol–water partition coefficient (Wildman–Crippen LogP) is 6.52. The maximum Gasteiger partial charge on any atom is 0.262 e. The Bertz CT molecular complexity index is 1360. The summed E-state index contributed by atoms with van der Waals surface area (Å²) in [6.45, 7) is 1.73. The molecule has 4 aliphatic carbocycles. The molecule has 0 aromatic heterocycles. The van der Waals surface area contributed by atoms with Crippen molar-refractivity contribution in [2.75, 3.05) is 10.0 Å². The third-order valence-corrected chi connectivity index (χ3v) is 10.1. The van der Waals surface area contributed by atoms with Crippen LogP contribution >= 0.6 is 0 Å². The summed E-state index contributed by atoms with van der Waals surface area (Å²) in [5.41, 5.74) is 3.82. The van der Waals surface area contributed by atoms with Crippen molar-refractivity contribution in [2.24, 2.45) is 17.8 Å². The summed E-state index contributed by atoms with van der Waals surface area (Å²) in [5.74, 6) is 2.34. The van der Waals surface area contributed by atoms with E-state index in [4.69, 9.17) is 0 Å². The number of hydrogen-bond acceptors (Lipinski definition) is 3. The molecule has 6 heteroatoms. The second-order valence-corrected chi connectivity index (χ2v) is 12.8. The Morgan fingerprint density at radius 3 is 2.03 bits per heavy atom. The summed E-state index contributed by atoms with van der Waals surface area (Å²) in [6, 6.07) is 21.9. The van der Waals surface area contributed by atoms with Crippen molar-refractivity contribution in [3.05, 3.63) is 89.5 Å². The van der Waals surface area contributed by atoms with Crippen LogP contribution in [0, 0.1) is 24.7 Å². The molecule has 4 aliphatic rings. The second kappa shape index (κ2) is 8.77. The van der Waals surface area contributed by atoms with Crippen molar-refractivity contribution in [2.45, 2.75) is 55.8 Å². The molecule has 0 saturated heterocycles. The van der Waals surface area contributed by atoms with Crippen molar-refractivity contribution < 1.29 is 13.2 Å². The lowest BCUT2D eigenvalue weighted by molar-refractivity contribution is -0.00518. The molecule has 4 saturated carbocycles. The van der Waals surface area contributed by atoms with E-state index in [1.165, 1.54) is 50.2 Å². The number of amides is 1. The summed E-state index contributed by atoms with van der Waals surface area (Å²) in [5, 5.41) is 2.95. The number of anilines is 2. The van der Waals surface area contributed by atoms with Crippen molar-refractivity contribution in [3.8, 4) is 0 Å². The van der Waals surface area contributed by atoms with E-state index in [1.54, 1.807) is 43.3 Å². The van der Waals surface area contributed by atoms with Gasteiger partial charge in [0, 0.05) is 16.9 Å². The van der Waals surface area contributed by atoms with Crippen LogP contribution in [-0.4, -0.2) is 14.3 Å². The Labute approximate surface area is 213 Å². The van der Waals surface area contributed by atoms with Gasteiger partial charge in [-0.05, 0) is 116 Å². The topological polar surface area (TPSA) is 75.3 Å². The highest BCUT2D eigenvalue weighted by Crippen LogP contribution is 2.60. The van der Waals surface area contributed by atoms with Gasteiger partial charge in [-0.2, -0.15) is 0 Å². The highest BCUT2D eigenvalue weighted by molar-refractivity contribution is 7.92. The van der Waals surface area contributed by atoms with Crippen LogP contribution in [0.4, 0.5) is 11.4 Å². The van der Waals surface area contributed by atoms with E-state index >= 15 is 0 Å². The van der Waals surface area contributed by atoms with Gasteiger partial charge in [0.1, 0.15) is 0 Å². The Morgan fingerprint density at radius 2 is 1.42 bits per heavy atom. The lowest BCUT2D eigenvalue weighted by atomic mass is 9.48. The number of carbonyl (C=O) groups excluding carboxylic acids is 1. The molecule has 0 spiro atoms. The highest BCUT2D eigenvalue weighted by atomic mass is 32.2. The van der Waals surface area contributed by atoms with Gasteiger partial charge < -0.3 is 5.32 Å². The summed E-state index contributed by atoms with van der Waals surface area (Å²) in [4.78, 5) is 13.1. The summed E-state index contributed by atoms with van der Waals surface area (Å²) < 4.78 is 28.6. The SMILES string of the molecule is Cc1ccc(C(=O)Nc2ccc(C34CC5CC(CC(C5)C3)C4)cc2)cc1S(=O)(=O)Nc1ccccc1. The maximum absolute atomic E-state index is 13.0. The fraction of sp³-hybridized carbons (Fsp3) is 0.367. The van der Waals surface area contributed by atoms with Crippen LogP contribution in [0.3, 0.4) is 0 Å².